The van der Waals surface area contributed by atoms with Crippen LogP contribution in [0, 0.1) is 10.2 Å². The zero-order valence-electron chi connectivity index (χ0n) is 5.74. The molecule has 1 aliphatic heterocycles. The molecule has 11 heavy (non-hydrogen) atoms. The maximum Gasteiger partial charge on any atom is 0.231 e. The van der Waals surface area contributed by atoms with Gasteiger partial charge in [-0.05, 0) is 0 Å². The van der Waals surface area contributed by atoms with E-state index in [1.54, 1.807) is 0 Å². The smallest absolute Gasteiger partial charge is 0.222 e. The van der Waals surface area contributed by atoms with Crippen LogP contribution in [0.1, 0.15) is 6.92 Å². The van der Waals surface area contributed by atoms with Crippen molar-refractivity contribution >= 4 is 27.3 Å². The average molecular weight is 219 g/mol. The molecule has 7 heteroatoms. The highest BCUT2D eigenvalue weighted by molar-refractivity contribution is 8.24. The van der Waals surface area contributed by atoms with Crippen LogP contribution in [0.3, 0.4) is 0 Å². The van der Waals surface area contributed by atoms with Gasteiger partial charge in [0, 0.05) is 6.92 Å². The molecule has 0 spiro atoms. The van der Waals surface area contributed by atoms with Gasteiger partial charge in [-0.25, -0.2) is 18.6 Å². The molecule has 0 N–H and O–H groups in total. The first-order chi connectivity index (χ1) is 4.89. The fourth-order valence-electron chi connectivity index (χ4n) is 0.412. The number of halogens is 1. The molecule has 0 aromatic carbocycles. The van der Waals surface area contributed by atoms with E-state index < -0.39 is 10.2 Å². The van der Waals surface area contributed by atoms with E-state index in [1.807, 2.05) is 23.1 Å². The Morgan fingerprint density at radius 1 is 1.36 bits per heavy atom. The van der Waals surface area contributed by atoms with Crippen LogP contribution in [0.25, 0.3) is 0 Å². The lowest BCUT2D eigenvalue weighted by atomic mass is 11.0. The Morgan fingerprint density at radius 2 is 1.82 bits per heavy atom. The largest absolute Gasteiger partial charge is 0.231 e. The zero-order valence-corrected chi connectivity index (χ0v) is 8.13. The first kappa shape index (κ1) is 11.6. The fraction of sp³-hybridized carbons (Fsp3) is 0.750. The molecule has 1 aliphatic rings. The maximum atomic E-state index is 8.49. The number of thioether (sulfide) groups is 1. The predicted molar refractivity (Wildman–Crippen MR) is 35.4 cm³/mol. The molecule has 0 aliphatic carbocycles. The van der Waals surface area contributed by atoms with Gasteiger partial charge in [0.05, 0.1) is 5.75 Å². The second kappa shape index (κ2) is 5.26. The van der Waals surface area contributed by atoms with Crippen molar-refractivity contribution in [1.82, 2.24) is 0 Å². The summed E-state index contributed by atoms with van der Waals surface area (Å²) in [6, 6.07) is 0. The highest BCUT2D eigenvalue weighted by Gasteiger charge is 2.11. The van der Waals surface area contributed by atoms with Gasteiger partial charge in [-0.1, -0.05) is 11.8 Å². The molecule has 0 amide bonds. The lowest BCUT2D eigenvalue weighted by molar-refractivity contribution is -2.00. The second-order valence-corrected chi connectivity index (χ2v) is 5.20. The number of hydrogen-bond acceptors (Lipinski definition) is 5. The van der Waals surface area contributed by atoms with E-state index in [0.717, 1.165) is 0 Å². The van der Waals surface area contributed by atoms with Gasteiger partial charge in [-0.2, -0.15) is 0 Å². The molecular formula is C4H7ClO4S2. The Morgan fingerprint density at radius 3 is 1.91 bits per heavy atom. The Balaban J connectivity index is 0.000000187. The van der Waals surface area contributed by atoms with Gasteiger partial charge in [0.2, 0.25) is 4.20 Å². The van der Waals surface area contributed by atoms with Gasteiger partial charge in [-0.15, -0.1) is 10.2 Å². The fourth-order valence-corrected chi connectivity index (χ4v) is 2.49. The minimum atomic E-state index is -4.94. The summed E-state index contributed by atoms with van der Waals surface area (Å²) in [6.45, 7) is 2.18. The summed E-state index contributed by atoms with van der Waals surface area (Å²) in [4.78, 5) is 0. The van der Waals surface area contributed by atoms with Gasteiger partial charge in [-0.3, -0.25) is 0 Å². The van der Waals surface area contributed by atoms with Crippen LogP contribution in [0.15, 0.2) is 0 Å². The first-order valence-corrected chi connectivity index (χ1v) is 5.81. The Labute approximate surface area is 74.9 Å². The van der Waals surface area contributed by atoms with Gasteiger partial charge in [0.1, 0.15) is 0 Å². The van der Waals surface area contributed by atoms with Gasteiger partial charge >= 0.3 is 0 Å². The zero-order chi connectivity index (χ0) is 8.91. The van der Waals surface area contributed by atoms with E-state index >= 15 is 0 Å². The van der Waals surface area contributed by atoms with E-state index in [1.165, 1.54) is 15.7 Å². The molecule has 0 saturated heterocycles. The van der Waals surface area contributed by atoms with Crippen molar-refractivity contribution in [2.24, 2.45) is 0 Å². The van der Waals surface area contributed by atoms with E-state index in [9.17, 15) is 0 Å². The Bertz CT molecular complexity index is 138. The number of hydrogen-bond donors (Lipinski definition) is 0. The highest BCUT2D eigenvalue weighted by Crippen LogP contribution is 2.07. The third-order valence-corrected chi connectivity index (χ3v) is 3.29. The SMILES string of the molecule is CC1=[S+]CCS1.[O-][Cl+3]([O-])([O-])[O-]. The van der Waals surface area contributed by atoms with Crippen molar-refractivity contribution < 1.29 is 28.9 Å². The molecule has 0 aromatic heterocycles. The van der Waals surface area contributed by atoms with Crippen molar-refractivity contribution in [1.29, 1.82) is 0 Å². The Hall–Kier alpha value is 0.570. The summed E-state index contributed by atoms with van der Waals surface area (Å²) in [5, 5.41) is 0. The van der Waals surface area contributed by atoms with Crippen LogP contribution in [-0.2, 0) is 11.4 Å². The molecule has 66 valence electrons. The molecule has 0 fully saturated rings. The normalized spacial score (nSPS) is 17.0. The minimum absolute atomic E-state index is 1.33. The van der Waals surface area contributed by atoms with Crippen molar-refractivity contribution in [3.05, 3.63) is 0 Å². The maximum absolute atomic E-state index is 8.49. The lowest BCUT2D eigenvalue weighted by Crippen LogP contribution is -2.68. The summed E-state index contributed by atoms with van der Waals surface area (Å²) in [6.07, 6.45) is 0. The molecule has 1 rings (SSSR count). The summed E-state index contributed by atoms with van der Waals surface area (Å²) in [5.41, 5.74) is 0. The standard InChI is InChI=1S/C4H7S2.ClHO4/c1-4-5-2-3-6-4;2-1(3,4)5/h2-3H2,1H3;(H,2,3,4,5)/q+1;/p-1. The molecule has 0 unspecified atom stereocenters. The van der Waals surface area contributed by atoms with Crippen molar-refractivity contribution in [3.63, 3.8) is 0 Å². The van der Waals surface area contributed by atoms with Crippen LogP contribution in [0.2, 0.25) is 0 Å². The van der Waals surface area contributed by atoms with Gasteiger partial charge in [0.25, 0.3) is 0 Å². The predicted octanol–water partition coefficient (Wildman–Crippen LogP) is -3.79. The molecule has 1 heterocycles. The molecular weight excluding hydrogens is 212 g/mol. The van der Waals surface area contributed by atoms with Crippen molar-refractivity contribution in [3.8, 4) is 0 Å². The minimum Gasteiger partial charge on any atom is -0.222 e. The summed E-state index contributed by atoms with van der Waals surface area (Å²) < 4.78 is 35.5. The lowest BCUT2D eigenvalue weighted by Gasteiger charge is -2.17. The van der Waals surface area contributed by atoms with Crippen molar-refractivity contribution in [2.75, 3.05) is 11.5 Å². The van der Waals surface area contributed by atoms with Crippen molar-refractivity contribution in [2.45, 2.75) is 6.92 Å². The average Bonchev–Trinajstić information content (AvgIpc) is 2.12. The summed E-state index contributed by atoms with van der Waals surface area (Å²) in [5.74, 6) is 2.66. The molecule has 4 nitrogen and oxygen atoms in total. The molecule has 0 atom stereocenters. The van der Waals surface area contributed by atoms with E-state index in [4.69, 9.17) is 18.6 Å². The summed E-state index contributed by atoms with van der Waals surface area (Å²) >= 11 is 3.95. The quantitative estimate of drug-likeness (QED) is 0.307. The van der Waals surface area contributed by atoms with E-state index in [2.05, 4.69) is 6.92 Å². The van der Waals surface area contributed by atoms with Gasteiger partial charge in [0.15, 0.2) is 17.1 Å². The first-order valence-electron chi connectivity index (χ1n) is 2.60. The van der Waals surface area contributed by atoms with Crippen LogP contribution >= 0.6 is 11.8 Å². The highest BCUT2D eigenvalue weighted by atomic mass is 35.7. The van der Waals surface area contributed by atoms with Crippen LogP contribution < -0.4 is 18.6 Å². The molecule has 0 aromatic rings. The third kappa shape index (κ3) is 13.5. The number of rotatable bonds is 0. The van der Waals surface area contributed by atoms with Gasteiger partial charge < -0.3 is 0 Å². The third-order valence-electron chi connectivity index (χ3n) is 0.694. The monoisotopic (exact) mass is 218 g/mol. The van der Waals surface area contributed by atoms with E-state index in [0.29, 0.717) is 0 Å². The second-order valence-electron chi connectivity index (χ2n) is 1.57. The molecule has 0 bridgehead atoms. The molecule has 0 saturated carbocycles. The van der Waals surface area contributed by atoms with E-state index in [-0.39, 0.29) is 0 Å². The van der Waals surface area contributed by atoms with Crippen LogP contribution in [0.4, 0.5) is 0 Å². The Kier molecular flexibility index (Phi) is 5.53. The van der Waals surface area contributed by atoms with Crippen LogP contribution in [-0.4, -0.2) is 15.7 Å². The topological polar surface area (TPSA) is 92.2 Å². The summed E-state index contributed by atoms with van der Waals surface area (Å²) in [7, 11) is -4.94. The van der Waals surface area contributed by atoms with Crippen LogP contribution in [0.5, 0.6) is 0 Å². The molecule has 0 radical (unpaired) electrons.